The zero-order valence-corrected chi connectivity index (χ0v) is 15.4. The van der Waals surface area contributed by atoms with Gasteiger partial charge in [0.05, 0.1) is 18.2 Å². The maximum Gasteiger partial charge on any atom is 0.230 e. The zero-order chi connectivity index (χ0) is 18.3. The van der Waals surface area contributed by atoms with E-state index >= 15 is 0 Å². The number of hydrogen-bond acceptors (Lipinski definition) is 5. The van der Waals surface area contributed by atoms with Crippen LogP contribution in [0, 0.1) is 34.0 Å². The van der Waals surface area contributed by atoms with E-state index in [1.54, 1.807) is 0 Å². The molecule has 0 rings (SSSR count). The van der Waals surface area contributed by atoms with E-state index in [9.17, 15) is 13.7 Å². The van der Waals surface area contributed by atoms with Gasteiger partial charge in [0.15, 0.2) is 5.25 Å². The van der Waals surface area contributed by atoms with Crippen molar-refractivity contribution in [3.63, 3.8) is 0 Å². The van der Waals surface area contributed by atoms with Crippen LogP contribution in [0.3, 0.4) is 0 Å². The van der Waals surface area contributed by atoms with Crippen molar-refractivity contribution in [1.82, 2.24) is 4.31 Å². The van der Waals surface area contributed by atoms with E-state index in [-0.39, 0.29) is 0 Å². The second kappa shape index (κ2) is 13.8. The molecule has 0 aromatic rings. The predicted molar refractivity (Wildman–Crippen MR) is 93.0 cm³/mol. The van der Waals surface area contributed by atoms with Crippen LogP contribution < -0.4 is 0 Å². The first-order valence-corrected chi connectivity index (χ1v) is 10.2. The maximum absolute atomic E-state index is 12.7. The molecule has 0 aliphatic carbocycles. The fraction of sp³-hybridized carbons (Fsp3) is 0.824. The second-order valence-corrected chi connectivity index (χ2v) is 7.90. The highest BCUT2D eigenvalue weighted by Crippen LogP contribution is 2.17. The first-order chi connectivity index (χ1) is 11.5. The minimum Gasteiger partial charge on any atom is -0.211 e. The van der Waals surface area contributed by atoms with E-state index < -0.39 is 15.3 Å². The molecule has 1 unspecified atom stereocenters. The van der Waals surface area contributed by atoms with Crippen molar-refractivity contribution < 1.29 is 8.42 Å². The standard InChI is InChI=1S/C17H28N4O2S/c1-2-11-17(16-20)24(22,23)21(14-9-5-3-7-12-18)15-10-6-4-8-13-19/h17H,2-11,14-15H2,1H3. The van der Waals surface area contributed by atoms with Crippen LogP contribution in [0.4, 0.5) is 0 Å². The summed E-state index contributed by atoms with van der Waals surface area (Å²) in [7, 11) is -3.62. The molecule has 0 saturated heterocycles. The van der Waals surface area contributed by atoms with Gasteiger partial charge in [-0.2, -0.15) is 15.8 Å². The summed E-state index contributed by atoms with van der Waals surface area (Å²) in [5.41, 5.74) is 0. The van der Waals surface area contributed by atoms with E-state index in [2.05, 4.69) is 12.1 Å². The van der Waals surface area contributed by atoms with Crippen molar-refractivity contribution in [2.75, 3.05) is 13.1 Å². The lowest BCUT2D eigenvalue weighted by Gasteiger charge is -2.24. The molecule has 0 N–H and O–H groups in total. The molecule has 0 fully saturated rings. The van der Waals surface area contributed by atoms with Gasteiger partial charge in [0.25, 0.3) is 0 Å². The minimum atomic E-state index is -3.62. The summed E-state index contributed by atoms with van der Waals surface area (Å²) in [5.74, 6) is 0. The molecular weight excluding hydrogens is 324 g/mol. The summed E-state index contributed by atoms with van der Waals surface area (Å²) in [6.45, 7) is 2.66. The highest BCUT2D eigenvalue weighted by molar-refractivity contribution is 7.90. The topological polar surface area (TPSA) is 109 Å². The number of nitriles is 3. The van der Waals surface area contributed by atoms with Crippen molar-refractivity contribution in [3.8, 4) is 18.2 Å². The van der Waals surface area contributed by atoms with Crippen LogP contribution in [0.5, 0.6) is 0 Å². The Morgan fingerprint density at radius 1 is 0.875 bits per heavy atom. The molecule has 0 heterocycles. The Kier molecular flexibility index (Phi) is 12.9. The normalized spacial score (nSPS) is 12.3. The molecule has 0 aromatic carbocycles. The monoisotopic (exact) mass is 352 g/mol. The maximum atomic E-state index is 12.7. The van der Waals surface area contributed by atoms with Crippen molar-refractivity contribution in [2.24, 2.45) is 0 Å². The highest BCUT2D eigenvalue weighted by atomic mass is 32.2. The number of nitrogens with zero attached hydrogens (tertiary/aromatic N) is 4. The lowest BCUT2D eigenvalue weighted by Crippen LogP contribution is -2.39. The van der Waals surface area contributed by atoms with E-state index in [0.717, 1.165) is 25.7 Å². The Bertz CT molecular complexity index is 531. The summed E-state index contributed by atoms with van der Waals surface area (Å²) >= 11 is 0. The first kappa shape index (κ1) is 22.4. The van der Waals surface area contributed by atoms with Crippen LogP contribution >= 0.6 is 0 Å². The minimum absolute atomic E-state index is 0.345. The average molecular weight is 353 g/mol. The third kappa shape index (κ3) is 8.87. The van der Waals surface area contributed by atoms with Gasteiger partial charge < -0.3 is 0 Å². The molecule has 0 amide bonds. The van der Waals surface area contributed by atoms with Crippen LogP contribution in [-0.4, -0.2) is 31.1 Å². The van der Waals surface area contributed by atoms with Crippen LogP contribution in [0.2, 0.25) is 0 Å². The van der Waals surface area contributed by atoms with Crippen molar-refractivity contribution >= 4 is 10.0 Å². The van der Waals surface area contributed by atoms with Crippen molar-refractivity contribution in [1.29, 1.82) is 15.8 Å². The summed E-state index contributed by atoms with van der Waals surface area (Å²) < 4.78 is 26.8. The van der Waals surface area contributed by atoms with Gasteiger partial charge in [0.1, 0.15) is 0 Å². The summed E-state index contributed by atoms with van der Waals surface area (Å²) in [6.07, 6.45) is 6.50. The molecule has 134 valence electrons. The quantitative estimate of drug-likeness (QED) is 0.445. The molecule has 0 aromatic heterocycles. The molecule has 0 spiro atoms. The fourth-order valence-corrected chi connectivity index (χ4v) is 4.22. The number of rotatable bonds is 14. The molecule has 0 saturated carbocycles. The Morgan fingerprint density at radius 3 is 1.75 bits per heavy atom. The smallest absolute Gasteiger partial charge is 0.211 e. The SMILES string of the molecule is CCCC(C#N)S(=O)(=O)N(CCCCCC#N)CCCCCC#N. The lowest BCUT2D eigenvalue weighted by molar-refractivity contribution is 0.383. The molecule has 0 bridgehead atoms. The van der Waals surface area contributed by atoms with Crippen molar-refractivity contribution in [3.05, 3.63) is 0 Å². The fourth-order valence-electron chi connectivity index (χ4n) is 2.43. The van der Waals surface area contributed by atoms with Crippen LogP contribution in [-0.2, 0) is 10.0 Å². The van der Waals surface area contributed by atoms with Gasteiger partial charge >= 0.3 is 0 Å². The largest absolute Gasteiger partial charge is 0.230 e. The highest BCUT2D eigenvalue weighted by Gasteiger charge is 2.30. The van der Waals surface area contributed by atoms with Gasteiger partial charge in [-0.3, -0.25) is 0 Å². The van der Waals surface area contributed by atoms with Crippen LogP contribution in [0.1, 0.15) is 71.1 Å². The molecule has 1 atom stereocenters. The third-order valence-corrected chi connectivity index (χ3v) is 5.95. The first-order valence-electron chi connectivity index (χ1n) is 8.67. The van der Waals surface area contributed by atoms with E-state index in [1.807, 2.05) is 13.0 Å². The van der Waals surface area contributed by atoms with Crippen LogP contribution in [0.15, 0.2) is 0 Å². The average Bonchev–Trinajstić information content (AvgIpc) is 2.57. The van der Waals surface area contributed by atoms with Gasteiger partial charge in [0.2, 0.25) is 10.0 Å². The van der Waals surface area contributed by atoms with Gasteiger partial charge in [0, 0.05) is 25.9 Å². The summed E-state index contributed by atoms with van der Waals surface area (Å²) in [6, 6.07) is 6.09. The second-order valence-electron chi connectivity index (χ2n) is 5.79. The Hall–Kier alpha value is -1.62. The molecule has 6 nitrogen and oxygen atoms in total. The molecule has 7 heteroatoms. The zero-order valence-electron chi connectivity index (χ0n) is 14.6. The van der Waals surface area contributed by atoms with E-state index in [1.165, 1.54) is 4.31 Å². The molecular formula is C17H28N4O2S. The summed E-state index contributed by atoms with van der Waals surface area (Å²) in [5, 5.41) is 25.3. The predicted octanol–water partition coefficient (Wildman–Crippen LogP) is 3.48. The molecule has 0 aliphatic heterocycles. The van der Waals surface area contributed by atoms with Crippen LogP contribution in [0.25, 0.3) is 0 Å². The third-order valence-electron chi connectivity index (χ3n) is 3.81. The number of hydrogen-bond donors (Lipinski definition) is 0. The molecule has 0 radical (unpaired) electrons. The molecule has 24 heavy (non-hydrogen) atoms. The van der Waals surface area contributed by atoms with E-state index in [4.69, 9.17) is 10.5 Å². The van der Waals surface area contributed by atoms with Gasteiger partial charge in [-0.1, -0.05) is 26.2 Å². The number of unbranched alkanes of at least 4 members (excludes halogenated alkanes) is 6. The van der Waals surface area contributed by atoms with Gasteiger partial charge in [-0.15, -0.1) is 0 Å². The Labute approximate surface area is 146 Å². The van der Waals surface area contributed by atoms with Gasteiger partial charge in [-0.05, 0) is 32.1 Å². The Balaban J connectivity index is 4.73. The van der Waals surface area contributed by atoms with Crippen molar-refractivity contribution in [2.45, 2.75) is 76.4 Å². The Morgan fingerprint density at radius 2 is 1.38 bits per heavy atom. The summed E-state index contributed by atoms with van der Waals surface area (Å²) in [4.78, 5) is 0. The lowest BCUT2D eigenvalue weighted by atomic mass is 10.2. The van der Waals surface area contributed by atoms with E-state index in [0.29, 0.717) is 51.6 Å². The molecule has 0 aliphatic rings. The van der Waals surface area contributed by atoms with Gasteiger partial charge in [-0.25, -0.2) is 12.7 Å². The number of sulfonamides is 1.